The fourth-order valence-electron chi connectivity index (χ4n) is 2.09. The van der Waals surface area contributed by atoms with Crippen molar-refractivity contribution >= 4 is 131 Å². The minimum Gasteiger partial charge on any atom is -0.0120 e. The lowest BCUT2D eigenvalue weighted by Crippen LogP contribution is -2.34. The molecule has 0 atom stereocenters. The van der Waals surface area contributed by atoms with E-state index in [1.54, 1.807) is 19.5 Å². The first-order valence-corrected chi connectivity index (χ1v) is 66.7. The second-order valence-electron chi connectivity index (χ2n) is 4.89. The maximum absolute atomic E-state index is 1.73. The van der Waals surface area contributed by atoms with Crippen molar-refractivity contribution in [1.82, 2.24) is 0 Å². The van der Waals surface area contributed by atoms with Gasteiger partial charge in [0.1, 0.15) is 0 Å². The van der Waals surface area contributed by atoms with E-state index in [4.69, 9.17) is 0 Å². The van der Waals surface area contributed by atoms with Crippen LogP contribution in [0.25, 0.3) is 0 Å². The molecule has 15 heavy (non-hydrogen) atoms. The van der Waals surface area contributed by atoms with Crippen molar-refractivity contribution in [2.75, 3.05) is 0 Å². The summed E-state index contributed by atoms with van der Waals surface area (Å²) in [4.78, 5) is 0. The zero-order valence-corrected chi connectivity index (χ0v) is 33.6. The molecule has 0 aliphatic rings. The summed E-state index contributed by atoms with van der Waals surface area (Å²) in [6.45, 7) is 0. The average Bonchev–Trinajstić information content (AvgIpc) is 2.26. The van der Waals surface area contributed by atoms with Gasteiger partial charge >= 0.3 is 0 Å². The van der Waals surface area contributed by atoms with Crippen LogP contribution in [0, 0.1) is 0 Å². The van der Waals surface area contributed by atoms with E-state index in [-0.39, 0.29) is 0 Å². The Morgan fingerprint density at radius 1 is 0.333 bits per heavy atom. The molecule has 0 spiro atoms. The van der Waals surface area contributed by atoms with E-state index in [2.05, 4.69) is 0 Å². The molecule has 92 valence electrons. The summed E-state index contributed by atoms with van der Waals surface area (Å²) >= 11 is 0. The van der Waals surface area contributed by atoms with E-state index in [0.29, 0.717) is 0 Å². The first kappa shape index (κ1) is 18.3. The van der Waals surface area contributed by atoms with Crippen LogP contribution < -0.4 is 0 Å². The maximum atomic E-state index is 1.73. The second-order valence-corrected chi connectivity index (χ2v) is 132. The maximum Gasteiger partial charge on any atom is -0.00934 e. The number of rotatable bonds is 12. The van der Waals surface area contributed by atoms with Crippen LogP contribution in [0.5, 0.6) is 0 Å². The quantitative estimate of drug-likeness (QED) is 0.204. The zero-order chi connectivity index (χ0) is 11.2. The summed E-state index contributed by atoms with van der Waals surface area (Å²) in [6, 6.07) is 0. The van der Waals surface area contributed by atoms with Gasteiger partial charge in [-0.1, -0.05) is 0 Å². The standard InChI is InChI=1S/H32Si15/c1-3-5-7-9-11-13-15-14-12-10-8-6-4-2/h3-15H2,1-2H3. The Kier molecular flexibility index (Phi) is 21.0. The van der Waals surface area contributed by atoms with Gasteiger partial charge in [0.2, 0.25) is 0 Å². The number of hydrogen-bond acceptors (Lipinski definition) is 0. The highest BCUT2D eigenvalue weighted by molar-refractivity contribution is 7.73. The topological polar surface area (TPSA) is 0 Å². The van der Waals surface area contributed by atoms with E-state index >= 15 is 0 Å². The zero-order valence-electron chi connectivity index (χ0n) is 11.2. The normalized spacial score (nSPS) is 21.6. The Balaban J connectivity index is 2.81. The molecule has 0 amide bonds. The highest BCUT2D eigenvalue weighted by Crippen LogP contribution is 1.59. The van der Waals surface area contributed by atoms with Gasteiger partial charge in [-0.3, -0.25) is 0 Å². The third-order valence-electron chi connectivity index (χ3n) is 3.21. The third-order valence-corrected chi connectivity index (χ3v) is 260. The Labute approximate surface area is 129 Å². The Morgan fingerprint density at radius 3 is 0.733 bits per heavy atom. The highest BCUT2D eigenvalue weighted by Gasteiger charge is 1.96. The lowest BCUT2D eigenvalue weighted by atomic mass is 26.1. The predicted octanol–water partition coefficient (Wildman–Crippen LogP) is -14.3. The molecule has 0 fully saturated rings. The largest absolute Gasteiger partial charge is 0.0120 e. The molecule has 0 nitrogen and oxygen atoms in total. The van der Waals surface area contributed by atoms with E-state index in [1.165, 1.54) is 0 Å². The summed E-state index contributed by atoms with van der Waals surface area (Å²) in [7, 11) is 15.2. The molecule has 15 heteroatoms. The number of hydrogen-bond donors (Lipinski definition) is 0. The highest BCUT2D eigenvalue weighted by atomic mass is 30.1. The molecule has 0 heterocycles. The summed E-state index contributed by atoms with van der Waals surface area (Å²) in [6.07, 6.45) is 0. The van der Waals surface area contributed by atoms with E-state index in [0.717, 1.165) is 111 Å². The Morgan fingerprint density at radius 2 is 0.533 bits per heavy atom. The van der Waals surface area contributed by atoms with Crippen molar-refractivity contribution in [3.63, 3.8) is 0 Å². The van der Waals surface area contributed by atoms with E-state index in [1.807, 2.05) is 0 Å². The minimum absolute atomic E-state index is 0.817. The van der Waals surface area contributed by atoms with Crippen molar-refractivity contribution in [2.24, 2.45) is 0 Å². The van der Waals surface area contributed by atoms with Gasteiger partial charge in [0.05, 0.1) is 0 Å². The van der Waals surface area contributed by atoms with Crippen LogP contribution in [0.15, 0.2) is 0 Å². The van der Waals surface area contributed by atoms with Crippen LogP contribution in [0.4, 0.5) is 0 Å². The van der Waals surface area contributed by atoms with Crippen LogP contribution in [0.3, 0.4) is 0 Å². The fraction of sp³-hybridized carbons (Fsp3) is 0. The third kappa shape index (κ3) is 17.3. The molecule has 0 aromatic carbocycles. The first-order valence-electron chi connectivity index (χ1n) is 7.41. The smallest absolute Gasteiger partial charge is 0.00934 e. The van der Waals surface area contributed by atoms with E-state index < -0.39 is 0 Å². The van der Waals surface area contributed by atoms with Crippen molar-refractivity contribution < 1.29 is 0 Å². The lowest BCUT2D eigenvalue weighted by molar-refractivity contribution is 3.79. The molecule has 0 aromatic heterocycles. The Bertz CT molecular complexity index is 84.2. The van der Waals surface area contributed by atoms with Gasteiger partial charge in [0, 0.05) is 0 Å². The van der Waals surface area contributed by atoms with Gasteiger partial charge in [-0.25, -0.2) is 0 Å². The molecular weight excluding hydrogens is 421 g/mol. The summed E-state index contributed by atoms with van der Waals surface area (Å²) in [5, 5.41) is 0. The van der Waals surface area contributed by atoms with Gasteiger partial charge in [-0.15, -0.1) is 0 Å². The molecule has 0 unspecified atom stereocenters. The van der Waals surface area contributed by atoms with Crippen LogP contribution in [-0.4, -0.2) is 131 Å². The predicted molar refractivity (Wildman–Crippen MR) is 131 cm³/mol. The van der Waals surface area contributed by atoms with Crippen molar-refractivity contribution in [3.8, 4) is 0 Å². The van der Waals surface area contributed by atoms with Gasteiger partial charge in [-0.2, -0.15) is 0 Å². The lowest BCUT2D eigenvalue weighted by Gasteiger charge is -1.97. The molecular formula is H32Si15. The fourth-order valence-corrected chi connectivity index (χ4v) is 508. The average molecular weight is 454 g/mol. The van der Waals surface area contributed by atoms with E-state index in [9.17, 15) is 0 Å². The van der Waals surface area contributed by atoms with Gasteiger partial charge in [0.15, 0.2) is 0 Å². The monoisotopic (exact) mass is 452 g/mol. The molecule has 0 bridgehead atoms. The second kappa shape index (κ2) is 17.3. The first-order chi connectivity index (χ1) is 7.41. The van der Waals surface area contributed by atoms with Crippen LogP contribution in [0.2, 0.25) is 0 Å². The molecule has 0 aromatic rings. The molecule has 0 aliphatic carbocycles. The molecule has 0 aliphatic heterocycles. The SMILES string of the molecule is [SiH3][SiH2][SiH2][SiH2][SiH2][SiH2][SiH2][SiH2][SiH2][SiH2][SiH2][SiH2][SiH2][SiH2][SiH3]. The molecule has 0 radical (unpaired) electrons. The van der Waals surface area contributed by atoms with Crippen molar-refractivity contribution in [2.45, 2.75) is 0 Å². The van der Waals surface area contributed by atoms with Crippen molar-refractivity contribution in [1.29, 1.82) is 0 Å². The summed E-state index contributed by atoms with van der Waals surface area (Å²) < 4.78 is 0. The van der Waals surface area contributed by atoms with Crippen LogP contribution >= 0.6 is 0 Å². The van der Waals surface area contributed by atoms with Gasteiger partial charge in [0.25, 0.3) is 0 Å². The van der Waals surface area contributed by atoms with Gasteiger partial charge < -0.3 is 0 Å². The molecule has 0 N–H and O–H groups in total. The summed E-state index contributed by atoms with van der Waals surface area (Å²) in [5.74, 6) is 0. The summed E-state index contributed by atoms with van der Waals surface area (Å²) in [5.41, 5.74) is 0. The molecule has 0 saturated heterocycles. The van der Waals surface area contributed by atoms with Crippen LogP contribution in [-0.2, 0) is 0 Å². The van der Waals surface area contributed by atoms with Gasteiger partial charge in [-0.05, 0) is 131 Å². The Hall–Kier alpha value is 3.25. The molecule has 0 saturated carbocycles. The molecule has 0 rings (SSSR count). The minimum atomic E-state index is 0.817. The van der Waals surface area contributed by atoms with Crippen LogP contribution in [0.1, 0.15) is 0 Å². The van der Waals surface area contributed by atoms with Crippen molar-refractivity contribution in [3.05, 3.63) is 0 Å².